The average molecular weight is 258 g/mol. The molecule has 2 amide bonds. The highest BCUT2D eigenvalue weighted by Crippen LogP contribution is 2.11. The van der Waals surface area contributed by atoms with Crippen LogP contribution in [0.1, 0.15) is 22.8 Å². The highest BCUT2D eigenvalue weighted by molar-refractivity contribution is 5.96. The standard InChI is InChI=1S/C13H14N4O2/c1-10(18)16-4-6-17(7-5-16)13(19)12-9-15-3-2-11(12)8-14/h2-3,9H,4-7H2,1H3. The number of amides is 2. The highest BCUT2D eigenvalue weighted by Gasteiger charge is 2.24. The molecule has 0 bridgehead atoms. The van der Waals surface area contributed by atoms with Gasteiger partial charge in [0, 0.05) is 45.5 Å². The van der Waals surface area contributed by atoms with E-state index < -0.39 is 0 Å². The van der Waals surface area contributed by atoms with Crippen molar-refractivity contribution in [1.29, 1.82) is 5.26 Å². The lowest BCUT2D eigenvalue weighted by molar-refractivity contribution is -0.130. The second-order valence-electron chi connectivity index (χ2n) is 4.33. The normalized spacial score (nSPS) is 14.9. The number of carbonyl (C=O) groups is 2. The molecule has 0 radical (unpaired) electrons. The third-order valence-corrected chi connectivity index (χ3v) is 3.18. The summed E-state index contributed by atoms with van der Waals surface area (Å²) in [4.78, 5) is 30.7. The number of nitrogens with zero attached hydrogens (tertiary/aromatic N) is 4. The van der Waals surface area contributed by atoms with Crippen molar-refractivity contribution >= 4 is 11.8 Å². The van der Waals surface area contributed by atoms with Crippen LogP contribution >= 0.6 is 0 Å². The molecule has 2 rings (SSSR count). The van der Waals surface area contributed by atoms with Crippen LogP contribution in [-0.2, 0) is 4.79 Å². The van der Waals surface area contributed by atoms with Gasteiger partial charge < -0.3 is 9.80 Å². The Morgan fingerprint density at radius 1 is 1.26 bits per heavy atom. The van der Waals surface area contributed by atoms with E-state index in [0.29, 0.717) is 37.3 Å². The lowest BCUT2D eigenvalue weighted by atomic mass is 10.1. The molecule has 1 fully saturated rings. The van der Waals surface area contributed by atoms with Crippen molar-refractivity contribution in [2.45, 2.75) is 6.92 Å². The number of nitriles is 1. The highest BCUT2D eigenvalue weighted by atomic mass is 16.2. The number of aromatic nitrogens is 1. The van der Waals surface area contributed by atoms with Crippen LogP contribution in [0.25, 0.3) is 0 Å². The quantitative estimate of drug-likeness (QED) is 0.723. The van der Waals surface area contributed by atoms with E-state index in [1.54, 1.807) is 9.80 Å². The fourth-order valence-electron chi connectivity index (χ4n) is 2.06. The van der Waals surface area contributed by atoms with E-state index in [4.69, 9.17) is 5.26 Å². The number of hydrogen-bond acceptors (Lipinski definition) is 4. The molecule has 1 aromatic rings. The summed E-state index contributed by atoms with van der Waals surface area (Å²) < 4.78 is 0. The van der Waals surface area contributed by atoms with E-state index in [0.717, 1.165) is 0 Å². The lowest BCUT2D eigenvalue weighted by Gasteiger charge is -2.34. The first-order chi connectivity index (χ1) is 9.13. The zero-order valence-electron chi connectivity index (χ0n) is 10.7. The Bertz CT molecular complexity index is 542. The second kappa shape index (κ2) is 5.48. The zero-order chi connectivity index (χ0) is 13.8. The van der Waals surface area contributed by atoms with Gasteiger partial charge in [-0.15, -0.1) is 0 Å². The smallest absolute Gasteiger partial charge is 0.256 e. The van der Waals surface area contributed by atoms with Crippen molar-refractivity contribution < 1.29 is 9.59 Å². The minimum absolute atomic E-state index is 0.0196. The number of rotatable bonds is 1. The summed E-state index contributed by atoms with van der Waals surface area (Å²) in [5.74, 6) is -0.181. The van der Waals surface area contributed by atoms with Gasteiger partial charge in [0.25, 0.3) is 5.91 Å². The third-order valence-electron chi connectivity index (χ3n) is 3.18. The fourth-order valence-corrected chi connectivity index (χ4v) is 2.06. The summed E-state index contributed by atoms with van der Waals surface area (Å²) in [7, 11) is 0. The van der Waals surface area contributed by atoms with E-state index >= 15 is 0 Å². The summed E-state index contributed by atoms with van der Waals surface area (Å²) in [6.45, 7) is 3.55. The largest absolute Gasteiger partial charge is 0.339 e. The molecule has 0 aliphatic carbocycles. The third kappa shape index (κ3) is 2.71. The van der Waals surface area contributed by atoms with E-state index in [1.165, 1.54) is 25.4 Å². The van der Waals surface area contributed by atoms with Crippen LogP contribution in [0.2, 0.25) is 0 Å². The van der Waals surface area contributed by atoms with E-state index in [-0.39, 0.29) is 11.8 Å². The number of carbonyl (C=O) groups excluding carboxylic acids is 2. The van der Waals surface area contributed by atoms with Crippen LogP contribution in [0.5, 0.6) is 0 Å². The van der Waals surface area contributed by atoms with Gasteiger partial charge in [-0.2, -0.15) is 5.26 Å². The van der Waals surface area contributed by atoms with Crippen LogP contribution in [0.15, 0.2) is 18.5 Å². The summed E-state index contributed by atoms with van der Waals surface area (Å²) in [6, 6.07) is 3.52. The van der Waals surface area contributed by atoms with Crippen LogP contribution in [0.3, 0.4) is 0 Å². The van der Waals surface area contributed by atoms with Crippen molar-refractivity contribution in [3.8, 4) is 6.07 Å². The van der Waals surface area contributed by atoms with Gasteiger partial charge in [0.1, 0.15) is 6.07 Å². The maximum atomic E-state index is 12.3. The van der Waals surface area contributed by atoms with Crippen LogP contribution in [0.4, 0.5) is 0 Å². The molecule has 98 valence electrons. The fraction of sp³-hybridized carbons (Fsp3) is 0.385. The van der Waals surface area contributed by atoms with Crippen molar-refractivity contribution in [3.05, 3.63) is 29.6 Å². The van der Waals surface area contributed by atoms with Gasteiger partial charge in [-0.3, -0.25) is 14.6 Å². The minimum atomic E-state index is -0.201. The van der Waals surface area contributed by atoms with Crippen LogP contribution in [0, 0.1) is 11.3 Å². The van der Waals surface area contributed by atoms with Gasteiger partial charge >= 0.3 is 0 Å². The Hall–Kier alpha value is -2.42. The first-order valence-electron chi connectivity index (χ1n) is 6.02. The molecular weight excluding hydrogens is 244 g/mol. The van der Waals surface area contributed by atoms with Gasteiger partial charge in [-0.05, 0) is 6.07 Å². The molecule has 0 saturated carbocycles. The summed E-state index contributed by atoms with van der Waals surface area (Å²) >= 11 is 0. The zero-order valence-corrected chi connectivity index (χ0v) is 10.7. The van der Waals surface area contributed by atoms with E-state index in [1.807, 2.05) is 6.07 Å². The van der Waals surface area contributed by atoms with Gasteiger partial charge in [-0.25, -0.2) is 0 Å². The van der Waals surface area contributed by atoms with Crippen molar-refractivity contribution in [2.24, 2.45) is 0 Å². The molecule has 1 aliphatic heterocycles. The molecular formula is C13H14N4O2. The summed E-state index contributed by atoms with van der Waals surface area (Å²) in [5.41, 5.74) is 0.648. The minimum Gasteiger partial charge on any atom is -0.339 e. The summed E-state index contributed by atoms with van der Waals surface area (Å²) in [6.07, 6.45) is 2.90. The molecule has 0 spiro atoms. The summed E-state index contributed by atoms with van der Waals surface area (Å²) in [5, 5.41) is 8.98. The van der Waals surface area contributed by atoms with Gasteiger partial charge in [0.15, 0.2) is 0 Å². The van der Waals surface area contributed by atoms with Gasteiger partial charge in [-0.1, -0.05) is 0 Å². The molecule has 1 aromatic heterocycles. The topological polar surface area (TPSA) is 77.3 Å². The van der Waals surface area contributed by atoms with Crippen LogP contribution < -0.4 is 0 Å². The number of pyridine rings is 1. The lowest BCUT2D eigenvalue weighted by Crippen LogP contribution is -2.50. The monoisotopic (exact) mass is 258 g/mol. The molecule has 6 heteroatoms. The van der Waals surface area contributed by atoms with Crippen molar-refractivity contribution in [1.82, 2.24) is 14.8 Å². The number of hydrogen-bond donors (Lipinski definition) is 0. The maximum Gasteiger partial charge on any atom is 0.256 e. The SMILES string of the molecule is CC(=O)N1CCN(C(=O)c2cnccc2C#N)CC1. The Labute approximate surface area is 111 Å². The van der Waals surface area contributed by atoms with E-state index in [9.17, 15) is 9.59 Å². The molecule has 1 aliphatic rings. The maximum absolute atomic E-state index is 12.3. The Kier molecular flexibility index (Phi) is 3.76. The molecule has 0 unspecified atom stereocenters. The average Bonchev–Trinajstić information content (AvgIpc) is 2.46. The first-order valence-corrected chi connectivity index (χ1v) is 6.02. The molecule has 6 nitrogen and oxygen atoms in total. The Morgan fingerprint density at radius 2 is 1.89 bits per heavy atom. The predicted molar refractivity (Wildman–Crippen MR) is 67.1 cm³/mol. The van der Waals surface area contributed by atoms with Crippen LogP contribution in [-0.4, -0.2) is 52.8 Å². The van der Waals surface area contributed by atoms with E-state index in [2.05, 4.69) is 4.98 Å². The Morgan fingerprint density at radius 3 is 2.47 bits per heavy atom. The predicted octanol–water partition coefficient (Wildman–Crippen LogP) is 0.258. The molecule has 19 heavy (non-hydrogen) atoms. The molecule has 1 saturated heterocycles. The van der Waals surface area contributed by atoms with Crippen molar-refractivity contribution in [2.75, 3.05) is 26.2 Å². The molecule has 0 aromatic carbocycles. The molecule has 2 heterocycles. The number of piperazine rings is 1. The Balaban J connectivity index is 2.10. The molecule has 0 atom stereocenters. The first kappa shape index (κ1) is 13.0. The van der Waals surface area contributed by atoms with Gasteiger partial charge in [0.2, 0.25) is 5.91 Å². The van der Waals surface area contributed by atoms with Gasteiger partial charge in [0.05, 0.1) is 11.1 Å². The van der Waals surface area contributed by atoms with Crippen molar-refractivity contribution in [3.63, 3.8) is 0 Å². The molecule has 0 N–H and O–H groups in total. The second-order valence-corrected chi connectivity index (χ2v) is 4.33.